The maximum atomic E-state index is 12.7. The Morgan fingerprint density at radius 3 is 2.31 bits per heavy atom. The summed E-state index contributed by atoms with van der Waals surface area (Å²) in [4.78, 5) is 25.4. The van der Waals surface area contributed by atoms with Crippen molar-refractivity contribution in [3.63, 3.8) is 0 Å². The number of fused-ring (bicyclic) bond motifs is 1. The molecule has 4 aromatic rings. The molecular formula is C23H19N3O3. The number of aryl methyl sites for hydroxylation is 1. The molecule has 1 amide bonds. The summed E-state index contributed by atoms with van der Waals surface area (Å²) in [5, 5.41) is 7.46. The summed E-state index contributed by atoms with van der Waals surface area (Å²) >= 11 is 0. The Bertz CT molecular complexity index is 1220. The number of ether oxygens (including phenoxy) is 1. The first kappa shape index (κ1) is 18.4. The normalized spacial score (nSPS) is 10.7. The predicted molar refractivity (Wildman–Crippen MR) is 113 cm³/mol. The molecule has 1 aromatic heterocycles. The molecule has 6 nitrogen and oxygen atoms in total. The highest BCUT2D eigenvalue weighted by atomic mass is 16.5. The van der Waals surface area contributed by atoms with E-state index < -0.39 is 5.91 Å². The van der Waals surface area contributed by atoms with Gasteiger partial charge in [0.2, 0.25) is 5.43 Å². The van der Waals surface area contributed by atoms with Crippen LogP contribution in [0.3, 0.4) is 0 Å². The Kier molecular flexibility index (Phi) is 5.07. The largest absolute Gasteiger partial charge is 0.457 e. The van der Waals surface area contributed by atoms with E-state index >= 15 is 0 Å². The van der Waals surface area contributed by atoms with Crippen LogP contribution >= 0.6 is 0 Å². The Labute approximate surface area is 167 Å². The van der Waals surface area contributed by atoms with E-state index in [1.165, 1.54) is 0 Å². The maximum absolute atomic E-state index is 12.7. The second-order valence-corrected chi connectivity index (χ2v) is 6.40. The van der Waals surface area contributed by atoms with Gasteiger partial charge in [-0.15, -0.1) is 0 Å². The lowest BCUT2D eigenvalue weighted by Gasteiger charge is -2.11. The molecule has 0 aliphatic heterocycles. The molecule has 0 fully saturated rings. The first-order chi connectivity index (χ1) is 14.2. The zero-order valence-corrected chi connectivity index (χ0v) is 15.8. The van der Waals surface area contributed by atoms with Crippen molar-refractivity contribution in [1.29, 1.82) is 0 Å². The van der Waals surface area contributed by atoms with Crippen LogP contribution in [0.1, 0.15) is 17.4 Å². The first-order valence-corrected chi connectivity index (χ1v) is 9.30. The fourth-order valence-electron chi connectivity index (χ4n) is 3.05. The number of benzene rings is 3. The van der Waals surface area contributed by atoms with Crippen molar-refractivity contribution in [2.45, 2.75) is 13.5 Å². The third kappa shape index (κ3) is 3.87. The molecular weight excluding hydrogens is 366 g/mol. The van der Waals surface area contributed by atoms with E-state index in [1.807, 2.05) is 49.4 Å². The van der Waals surface area contributed by atoms with Crippen LogP contribution in [0.4, 0.5) is 5.69 Å². The lowest BCUT2D eigenvalue weighted by atomic mass is 10.2. The van der Waals surface area contributed by atoms with Crippen molar-refractivity contribution in [2.75, 3.05) is 5.32 Å². The van der Waals surface area contributed by atoms with E-state index in [4.69, 9.17) is 4.74 Å². The highest BCUT2D eigenvalue weighted by molar-refractivity contribution is 6.04. The fourth-order valence-corrected chi connectivity index (χ4v) is 3.05. The Balaban J connectivity index is 1.57. The second kappa shape index (κ2) is 7.98. The average Bonchev–Trinajstić information content (AvgIpc) is 2.76. The van der Waals surface area contributed by atoms with Gasteiger partial charge >= 0.3 is 0 Å². The number of aromatic nitrogens is 2. The van der Waals surface area contributed by atoms with Gasteiger partial charge in [-0.25, -0.2) is 0 Å². The molecule has 0 aliphatic carbocycles. The lowest BCUT2D eigenvalue weighted by Crippen LogP contribution is -2.27. The van der Waals surface area contributed by atoms with E-state index in [9.17, 15) is 9.59 Å². The minimum atomic E-state index is -0.542. The monoisotopic (exact) mass is 385 g/mol. The number of hydrogen-bond donors (Lipinski definition) is 1. The Morgan fingerprint density at radius 2 is 1.59 bits per heavy atom. The van der Waals surface area contributed by atoms with Crippen molar-refractivity contribution in [2.24, 2.45) is 0 Å². The molecule has 0 unspecified atom stereocenters. The topological polar surface area (TPSA) is 73.2 Å². The third-order valence-corrected chi connectivity index (χ3v) is 4.47. The van der Waals surface area contributed by atoms with Crippen LogP contribution in [0.2, 0.25) is 0 Å². The van der Waals surface area contributed by atoms with E-state index in [0.29, 0.717) is 28.9 Å². The van der Waals surface area contributed by atoms with E-state index in [-0.39, 0.29) is 11.1 Å². The van der Waals surface area contributed by atoms with Gasteiger partial charge in [0.15, 0.2) is 5.69 Å². The second-order valence-electron chi connectivity index (χ2n) is 6.40. The van der Waals surface area contributed by atoms with Crippen molar-refractivity contribution < 1.29 is 9.53 Å². The van der Waals surface area contributed by atoms with Crippen LogP contribution in [0.5, 0.6) is 11.5 Å². The molecule has 4 rings (SSSR count). The predicted octanol–water partition coefficient (Wildman–Crippen LogP) is 4.46. The van der Waals surface area contributed by atoms with E-state index in [0.717, 1.165) is 5.75 Å². The number of hydrogen-bond acceptors (Lipinski definition) is 4. The molecule has 29 heavy (non-hydrogen) atoms. The molecule has 0 saturated carbocycles. The maximum Gasteiger partial charge on any atom is 0.280 e. The number of para-hydroxylation sites is 2. The first-order valence-electron chi connectivity index (χ1n) is 9.30. The van der Waals surface area contributed by atoms with Gasteiger partial charge in [-0.1, -0.05) is 30.3 Å². The molecule has 3 aromatic carbocycles. The van der Waals surface area contributed by atoms with Crippen LogP contribution in [0.25, 0.3) is 10.9 Å². The fraction of sp³-hybridized carbons (Fsp3) is 0.0870. The van der Waals surface area contributed by atoms with Gasteiger partial charge in [0, 0.05) is 17.6 Å². The quantitative estimate of drug-likeness (QED) is 0.550. The number of carbonyl (C=O) groups is 1. The van der Waals surface area contributed by atoms with Gasteiger partial charge in [-0.3, -0.25) is 14.3 Å². The zero-order valence-electron chi connectivity index (χ0n) is 15.8. The number of nitrogens with one attached hydrogen (secondary N) is 1. The van der Waals surface area contributed by atoms with Gasteiger partial charge in [0.25, 0.3) is 5.91 Å². The summed E-state index contributed by atoms with van der Waals surface area (Å²) in [6.07, 6.45) is 0. The van der Waals surface area contributed by atoms with Crippen molar-refractivity contribution in [3.8, 4) is 11.5 Å². The average molecular weight is 385 g/mol. The number of nitrogens with zero attached hydrogens (tertiary/aromatic N) is 2. The summed E-state index contributed by atoms with van der Waals surface area (Å²) in [6.45, 7) is 2.46. The van der Waals surface area contributed by atoms with E-state index in [2.05, 4.69) is 10.4 Å². The van der Waals surface area contributed by atoms with Gasteiger partial charge in [0.1, 0.15) is 11.5 Å². The molecule has 6 heteroatoms. The molecule has 0 atom stereocenters. The number of rotatable bonds is 5. The minimum absolute atomic E-state index is 0.129. The third-order valence-electron chi connectivity index (χ3n) is 4.47. The summed E-state index contributed by atoms with van der Waals surface area (Å²) in [5.74, 6) is 0.829. The summed E-state index contributed by atoms with van der Waals surface area (Å²) < 4.78 is 7.40. The van der Waals surface area contributed by atoms with Crippen LogP contribution in [0.15, 0.2) is 83.7 Å². The summed E-state index contributed by atoms with van der Waals surface area (Å²) in [5.41, 5.74) is 0.744. The molecule has 1 N–H and O–H groups in total. The molecule has 0 spiro atoms. The molecule has 144 valence electrons. The lowest BCUT2D eigenvalue weighted by molar-refractivity contribution is 0.101. The van der Waals surface area contributed by atoms with Crippen molar-refractivity contribution >= 4 is 22.5 Å². The Hall–Kier alpha value is -3.93. The van der Waals surface area contributed by atoms with Crippen LogP contribution in [-0.2, 0) is 6.54 Å². The summed E-state index contributed by atoms with van der Waals surface area (Å²) in [6, 6.07) is 23.5. The molecule has 0 saturated heterocycles. The van der Waals surface area contributed by atoms with Crippen LogP contribution in [0, 0.1) is 0 Å². The van der Waals surface area contributed by atoms with Crippen molar-refractivity contribution in [1.82, 2.24) is 9.78 Å². The summed E-state index contributed by atoms with van der Waals surface area (Å²) in [7, 11) is 0. The van der Waals surface area contributed by atoms with Crippen LogP contribution < -0.4 is 15.5 Å². The van der Waals surface area contributed by atoms with E-state index in [1.54, 1.807) is 41.1 Å². The molecule has 0 radical (unpaired) electrons. The smallest absolute Gasteiger partial charge is 0.280 e. The van der Waals surface area contributed by atoms with Gasteiger partial charge in [-0.05, 0) is 55.5 Å². The molecule has 0 aliphatic rings. The molecule has 1 heterocycles. The van der Waals surface area contributed by atoms with Crippen LogP contribution in [-0.4, -0.2) is 15.7 Å². The van der Waals surface area contributed by atoms with Crippen molar-refractivity contribution in [3.05, 3.63) is 94.8 Å². The molecule has 0 bridgehead atoms. The standard InChI is InChI=1S/C23H19N3O3/c1-2-26-20-11-7-6-10-19(20)22(27)21(25-26)23(28)24-16-12-14-18(15-13-16)29-17-8-4-3-5-9-17/h3-15H,2H2,1H3,(H,24,28). The van der Waals surface area contributed by atoms with Gasteiger partial charge < -0.3 is 10.1 Å². The zero-order chi connectivity index (χ0) is 20.2. The SMILES string of the molecule is CCn1nc(C(=O)Nc2ccc(Oc3ccccc3)cc2)c(=O)c2ccccc21. The highest BCUT2D eigenvalue weighted by Gasteiger charge is 2.17. The number of anilines is 1. The number of carbonyl (C=O) groups excluding carboxylic acids is 1. The minimum Gasteiger partial charge on any atom is -0.457 e. The number of amides is 1. The Morgan fingerprint density at radius 1 is 0.931 bits per heavy atom. The van der Waals surface area contributed by atoms with Gasteiger partial charge in [0.05, 0.1) is 5.52 Å². The highest BCUT2D eigenvalue weighted by Crippen LogP contribution is 2.22. The van der Waals surface area contributed by atoms with Gasteiger partial charge in [-0.2, -0.15) is 5.10 Å².